The lowest BCUT2D eigenvalue weighted by molar-refractivity contribution is 0.0698. The summed E-state index contributed by atoms with van der Waals surface area (Å²) in [6.07, 6.45) is 4.87. The summed E-state index contributed by atoms with van der Waals surface area (Å²) in [6.45, 7) is 5.23. The van der Waals surface area contributed by atoms with Crippen LogP contribution in [0.5, 0.6) is 0 Å². The Balaban J connectivity index is 1.42. The van der Waals surface area contributed by atoms with Crippen molar-refractivity contribution < 1.29 is 13.2 Å². The second-order valence-corrected chi connectivity index (χ2v) is 9.59. The van der Waals surface area contributed by atoms with Crippen molar-refractivity contribution in [3.8, 4) is 0 Å². The monoisotopic (exact) mass is 439 g/mol. The van der Waals surface area contributed by atoms with Crippen molar-refractivity contribution in [2.75, 3.05) is 26.2 Å². The number of piperazine rings is 1. The molecule has 0 spiro atoms. The van der Waals surface area contributed by atoms with Crippen LogP contribution in [0, 0.1) is 0 Å². The SMILES string of the molecule is CC(C)n1ncc2cc(C(=O)N3CCN(S(=O)(=O)/C=C/c4ccccc4)CC3)cnc21. The predicted octanol–water partition coefficient (Wildman–Crippen LogP) is 2.77. The molecule has 9 heteroatoms. The molecule has 3 heterocycles. The molecule has 0 atom stereocenters. The van der Waals surface area contributed by atoms with E-state index in [1.54, 1.807) is 29.4 Å². The molecule has 4 rings (SSSR count). The summed E-state index contributed by atoms with van der Waals surface area (Å²) in [4.78, 5) is 19.0. The van der Waals surface area contributed by atoms with E-state index in [9.17, 15) is 13.2 Å². The first-order valence-corrected chi connectivity index (χ1v) is 11.7. The molecule has 1 aromatic carbocycles. The number of aromatic nitrogens is 3. The summed E-state index contributed by atoms with van der Waals surface area (Å²) in [6, 6.07) is 11.3. The molecule has 3 aromatic rings. The van der Waals surface area contributed by atoms with Gasteiger partial charge in [0, 0.05) is 49.2 Å². The Morgan fingerprint density at radius 1 is 1.06 bits per heavy atom. The molecule has 1 saturated heterocycles. The van der Waals surface area contributed by atoms with E-state index in [0.29, 0.717) is 18.7 Å². The zero-order valence-corrected chi connectivity index (χ0v) is 18.4. The summed E-state index contributed by atoms with van der Waals surface area (Å²) < 4.78 is 28.5. The number of nitrogens with zero attached hydrogens (tertiary/aromatic N) is 5. The van der Waals surface area contributed by atoms with Gasteiger partial charge in [0.2, 0.25) is 10.0 Å². The highest BCUT2D eigenvalue weighted by Gasteiger charge is 2.28. The number of benzene rings is 1. The van der Waals surface area contributed by atoms with Crippen LogP contribution < -0.4 is 0 Å². The molecule has 0 N–H and O–H groups in total. The van der Waals surface area contributed by atoms with E-state index >= 15 is 0 Å². The van der Waals surface area contributed by atoms with E-state index in [0.717, 1.165) is 16.6 Å². The van der Waals surface area contributed by atoms with Gasteiger partial charge in [0.05, 0.1) is 11.8 Å². The highest BCUT2D eigenvalue weighted by Crippen LogP contribution is 2.19. The zero-order valence-electron chi connectivity index (χ0n) is 17.5. The summed E-state index contributed by atoms with van der Waals surface area (Å²) >= 11 is 0. The van der Waals surface area contributed by atoms with E-state index in [2.05, 4.69) is 10.1 Å². The van der Waals surface area contributed by atoms with Gasteiger partial charge in [-0.3, -0.25) is 4.79 Å². The van der Waals surface area contributed by atoms with Crippen molar-refractivity contribution in [2.24, 2.45) is 0 Å². The maximum Gasteiger partial charge on any atom is 0.255 e. The number of fused-ring (bicyclic) bond motifs is 1. The highest BCUT2D eigenvalue weighted by atomic mass is 32.2. The maximum absolute atomic E-state index is 12.9. The lowest BCUT2D eigenvalue weighted by atomic mass is 10.2. The van der Waals surface area contributed by atoms with Crippen LogP contribution in [0.4, 0.5) is 0 Å². The van der Waals surface area contributed by atoms with E-state index in [1.165, 1.54) is 9.71 Å². The standard InChI is InChI=1S/C22H25N5O3S/c1-17(2)27-21-19(16-24-27)14-20(15-23-21)22(28)25-9-11-26(12-10-25)31(29,30)13-8-18-6-4-3-5-7-18/h3-8,13-17H,9-12H2,1-2H3/b13-8+. The largest absolute Gasteiger partial charge is 0.336 e. The smallest absolute Gasteiger partial charge is 0.255 e. The van der Waals surface area contributed by atoms with Crippen LogP contribution in [0.2, 0.25) is 0 Å². The average Bonchev–Trinajstić information content (AvgIpc) is 3.22. The molecule has 1 amide bonds. The van der Waals surface area contributed by atoms with Crippen LogP contribution in [0.15, 0.2) is 54.2 Å². The summed E-state index contributed by atoms with van der Waals surface area (Å²) in [5.74, 6) is -0.149. The number of pyridine rings is 1. The third kappa shape index (κ3) is 4.52. The van der Waals surface area contributed by atoms with Crippen molar-refractivity contribution in [3.63, 3.8) is 0 Å². The first kappa shape index (κ1) is 21.2. The molecule has 0 aliphatic carbocycles. The Morgan fingerprint density at radius 3 is 2.45 bits per heavy atom. The minimum absolute atomic E-state index is 0.149. The van der Waals surface area contributed by atoms with Gasteiger partial charge in [0.25, 0.3) is 5.91 Å². The van der Waals surface area contributed by atoms with Crippen molar-refractivity contribution in [2.45, 2.75) is 19.9 Å². The minimum atomic E-state index is -3.54. The van der Waals surface area contributed by atoms with Crippen molar-refractivity contribution >= 4 is 33.0 Å². The molecule has 0 bridgehead atoms. The zero-order chi connectivity index (χ0) is 22.0. The van der Waals surface area contributed by atoms with Gasteiger partial charge in [-0.25, -0.2) is 18.1 Å². The summed E-state index contributed by atoms with van der Waals surface area (Å²) in [5.41, 5.74) is 2.05. The van der Waals surface area contributed by atoms with Gasteiger partial charge in [0.1, 0.15) is 0 Å². The predicted molar refractivity (Wildman–Crippen MR) is 120 cm³/mol. The van der Waals surface area contributed by atoms with Crippen LogP contribution >= 0.6 is 0 Å². The molecule has 0 saturated carbocycles. The first-order chi connectivity index (χ1) is 14.8. The number of rotatable bonds is 5. The molecule has 1 aliphatic rings. The number of hydrogen-bond acceptors (Lipinski definition) is 5. The molecule has 31 heavy (non-hydrogen) atoms. The fourth-order valence-electron chi connectivity index (χ4n) is 3.58. The number of carbonyl (C=O) groups excluding carboxylic acids is 1. The normalized spacial score (nSPS) is 15.9. The Hall–Kier alpha value is -3.04. The quantitative estimate of drug-likeness (QED) is 0.610. The third-order valence-electron chi connectivity index (χ3n) is 5.29. The average molecular weight is 440 g/mol. The summed E-state index contributed by atoms with van der Waals surface area (Å²) in [7, 11) is -3.54. The van der Waals surface area contributed by atoms with Crippen molar-refractivity contribution in [1.82, 2.24) is 24.0 Å². The van der Waals surface area contributed by atoms with Crippen LogP contribution in [0.3, 0.4) is 0 Å². The Kier molecular flexibility index (Phi) is 5.88. The molecule has 162 valence electrons. The number of amides is 1. The highest BCUT2D eigenvalue weighted by molar-refractivity contribution is 7.92. The molecular formula is C22H25N5O3S. The maximum atomic E-state index is 12.9. The van der Waals surface area contributed by atoms with Crippen LogP contribution in [-0.4, -0.2) is 64.5 Å². The lowest BCUT2D eigenvalue weighted by Gasteiger charge is -2.33. The topological polar surface area (TPSA) is 88.4 Å². The van der Waals surface area contributed by atoms with Gasteiger partial charge in [-0.15, -0.1) is 0 Å². The molecule has 1 aliphatic heterocycles. The van der Waals surface area contributed by atoms with Gasteiger partial charge >= 0.3 is 0 Å². The second-order valence-electron chi connectivity index (χ2n) is 7.77. The number of sulfonamides is 1. The van der Waals surface area contributed by atoms with Crippen LogP contribution in [0.1, 0.15) is 35.8 Å². The number of hydrogen-bond donors (Lipinski definition) is 0. The van der Waals surface area contributed by atoms with E-state index in [4.69, 9.17) is 0 Å². The molecule has 8 nitrogen and oxygen atoms in total. The third-order valence-corrected chi connectivity index (χ3v) is 6.85. The van der Waals surface area contributed by atoms with Gasteiger partial charge in [-0.1, -0.05) is 30.3 Å². The number of carbonyl (C=O) groups is 1. The fourth-order valence-corrected chi connectivity index (χ4v) is 4.75. The van der Waals surface area contributed by atoms with Crippen LogP contribution in [0.25, 0.3) is 17.1 Å². The van der Waals surface area contributed by atoms with E-state index < -0.39 is 10.0 Å². The molecule has 2 aromatic heterocycles. The van der Waals surface area contributed by atoms with Gasteiger partial charge in [0.15, 0.2) is 5.65 Å². The second kappa shape index (κ2) is 8.60. The molecule has 0 radical (unpaired) electrons. The van der Waals surface area contributed by atoms with Gasteiger partial charge in [-0.2, -0.15) is 9.40 Å². The van der Waals surface area contributed by atoms with E-state index in [-0.39, 0.29) is 25.0 Å². The van der Waals surface area contributed by atoms with Gasteiger partial charge < -0.3 is 4.90 Å². The molecular weight excluding hydrogens is 414 g/mol. The Bertz CT molecular complexity index is 1210. The lowest BCUT2D eigenvalue weighted by Crippen LogP contribution is -2.50. The Labute approximate surface area is 181 Å². The molecule has 0 unspecified atom stereocenters. The first-order valence-electron chi connectivity index (χ1n) is 10.2. The van der Waals surface area contributed by atoms with E-state index in [1.807, 2.05) is 48.9 Å². The summed E-state index contributed by atoms with van der Waals surface area (Å²) in [5, 5.41) is 6.37. The van der Waals surface area contributed by atoms with Crippen LogP contribution in [-0.2, 0) is 10.0 Å². The van der Waals surface area contributed by atoms with Crippen molar-refractivity contribution in [3.05, 3.63) is 65.3 Å². The van der Waals surface area contributed by atoms with Gasteiger partial charge in [-0.05, 0) is 31.6 Å². The van der Waals surface area contributed by atoms with Crippen molar-refractivity contribution in [1.29, 1.82) is 0 Å². The fraction of sp³-hybridized carbons (Fsp3) is 0.318. The molecule has 1 fully saturated rings. The minimum Gasteiger partial charge on any atom is -0.336 e. The Morgan fingerprint density at radius 2 is 1.77 bits per heavy atom.